The van der Waals surface area contributed by atoms with Gasteiger partial charge in [0.25, 0.3) is 0 Å². The first-order valence-corrected chi connectivity index (χ1v) is 6.44. The highest BCUT2D eigenvalue weighted by molar-refractivity contribution is 7.10. The van der Waals surface area contributed by atoms with Crippen molar-refractivity contribution in [3.8, 4) is 0 Å². The van der Waals surface area contributed by atoms with E-state index in [-0.39, 0.29) is 0 Å². The van der Waals surface area contributed by atoms with Crippen LogP contribution in [0.5, 0.6) is 0 Å². The van der Waals surface area contributed by atoms with Gasteiger partial charge in [0.1, 0.15) is 0 Å². The molecule has 1 heterocycles. The van der Waals surface area contributed by atoms with Gasteiger partial charge in [-0.05, 0) is 50.2 Å². The summed E-state index contributed by atoms with van der Waals surface area (Å²) in [5, 5.41) is 5.76. The molecule has 0 amide bonds. The predicted molar refractivity (Wildman–Crippen MR) is 69.5 cm³/mol. The van der Waals surface area contributed by atoms with Gasteiger partial charge in [0.05, 0.1) is 0 Å². The Morgan fingerprint density at radius 3 is 2.80 bits per heavy atom. The molecule has 0 aliphatic rings. The highest BCUT2D eigenvalue weighted by atomic mass is 32.1. The van der Waals surface area contributed by atoms with E-state index in [1.807, 2.05) is 11.3 Å². The lowest BCUT2D eigenvalue weighted by molar-refractivity contribution is 0.533. The largest absolute Gasteiger partial charge is 0.309 e. The minimum Gasteiger partial charge on any atom is -0.309 e. The fourth-order valence-corrected chi connectivity index (χ4v) is 2.67. The van der Waals surface area contributed by atoms with E-state index in [9.17, 15) is 0 Å². The summed E-state index contributed by atoms with van der Waals surface area (Å²) in [6.45, 7) is 11.6. The second kappa shape index (κ2) is 6.09. The number of hydrogen-bond donors (Lipinski definition) is 1. The molecular weight excluding hydrogens is 202 g/mol. The number of nitrogens with one attached hydrogen (secondary N) is 1. The van der Waals surface area contributed by atoms with E-state index in [1.165, 1.54) is 22.4 Å². The first-order chi connectivity index (χ1) is 7.15. The molecule has 1 atom stereocenters. The van der Waals surface area contributed by atoms with Gasteiger partial charge in [0.15, 0.2) is 0 Å². The van der Waals surface area contributed by atoms with Gasteiger partial charge in [-0.1, -0.05) is 12.5 Å². The van der Waals surface area contributed by atoms with Gasteiger partial charge < -0.3 is 5.32 Å². The molecule has 1 aromatic heterocycles. The lowest BCUT2D eigenvalue weighted by Crippen LogP contribution is -2.22. The third-order valence-corrected chi connectivity index (χ3v) is 3.54. The monoisotopic (exact) mass is 223 g/mol. The van der Waals surface area contributed by atoms with Crippen LogP contribution in [-0.4, -0.2) is 6.54 Å². The number of thiophene rings is 1. The molecule has 0 saturated heterocycles. The highest BCUT2D eigenvalue weighted by Gasteiger charge is 2.13. The Bertz CT molecular complexity index is 314. The van der Waals surface area contributed by atoms with Crippen molar-refractivity contribution in [1.29, 1.82) is 0 Å². The van der Waals surface area contributed by atoms with Gasteiger partial charge in [-0.15, -0.1) is 17.9 Å². The third kappa shape index (κ3) is 3.80. The standard InChI is InChI=1S/C13H21NS/c1-5-7-14-12(9-10(2)3)13-11(4)6-8-15-13/h6,8,12,14H,2,5,7,9H2,1,3-4H3. The Kier molecular flexibility index (Phi) is 5.06. The summed E-state index contributed by atoms with van der Waals surface area (Å²) in [5.74, 6) is 0. The van der Waals surface area contributed by atoms with Crippen molar-refractivity contribution in [3.05, 3.63) is 34.0 Å². The average molecular weight is 223 g/mol. The molecule has 0 aliphatic heterocycles. The Morgan fingerprint density at radius 1 is 1.60 bits per heavy atom. The van der Waals surface area contributed by atoms with Crippen molar-refractivity contribution in [2.75, 3.05) is 6.54 Å². The van der Waals surface area contributed by atoms with Crippen LogP contribution >= 0.6 is 11.3 Å². The van der Waals surface area contributed by atoms with Crippen LogP contribution in [0.3, 0.4) is 0 Å². The first kappa shape index (κ1) is 12.5. The van der Waals surface area contributed by atoms with Crippen LogP contribution in [0.15, 0.2) is 23.6 Å². The Morgan fingerprint density at radius 2 is 2.33 bits per heavy atom. The molecule has 0 aliphatic carbocycles. The van der Waals surface area contributed by atoms with Gasteiger partial charge in [0, 0.05) is 10.9 Å². The Labute approximate surface area is 97.2 Å². The molecule has 2 heteroatoms. The van der Waals surface area contributed by atoms with Crippen LogP contribution in [-0.2, 0) is 0 Å². The maximum Gasteiger partial charge on any atom is 0.0454 e. The van der Waals surface area contributed by atoms with E-state index in [0.29, 0.717) is 6.04 Å². The number of aryl methyl sites for hydroxylation is 1. The topological polar surface area (TPSA) is 12.0 Å². The van der Waals surface area contributed by atoms with E-state index in [2.05, 4.69) is 44.1 Å². The second-order valence-corrected chi connectivity index (χ2v) is 5.08. The zero-order chi connectivity index (χ0) is 11.3. The predicted octanol–water partition coefficient (Wildman–Crippen LogP) is 4.06. The number of rotatable bonds is 6. The molecule has 0 spiro atoms. The molecule has 0 radical (unpaired) electrons. The maximum atomic E-state index is 4.01. The minimum atomic E-state index is 0.461. The summed E-state index contributed by atoms with van der Waals surface area (Å²) in [4.78, 5) is 1.46. The van der Waals surface area contributed by atoms with E-state index in [1.54, 1.807) is 0 Å². The van der Waals surface area contributed by atoms with Crippen LogP contribution in [0.4, 0.5) is 0 Å². The Balaban J connectivity index is 2.71. The average Bonchev–Trinajstić information content (AvgIpc) is 2.58. The van der Waals surface area contributed by atoms with E-state index >= 15 is 0 Å². The van der Waals surface area contributed by atoms with Crippen LogP contribution in [0.2, 0.25) is 0 Å². The molecule has 1 aromatic rings. The smallest absolute Gasteiger partial charge is 0.0454 e. The summed E-state index contributed by atoms with van der Waals surface area (Å²) < 4.78 is 0. The van der Waals surface area contributed by atoms with Crippen molar-refractivity contribution in [1.82, 2.24) is 5.32 Å². The molecule has 0 saturated carbocycles. The molecule has 1 N–H and O–H groups in total. The van der Waals surface area contributed by atoms with Crippen molar-refractivity contribution in [2.24, 2.45) is 0 Å². The molecule has 1 rings (SSSR count). The number of hydrogen-bond acceptors (Lipinski definition) is 2. The van der Waals surface area contributed by atoms with E-state index in [0.717, 1.165) is 13.0 Å². The van der Waals surface area contributed by atoms with E-state index < -0.39 is 0 Å². The summed E-state index contributed by atoms with van der Waals surface area (Å²) in [6.07, 6.45) is 2.22. The molecule has 1 nitrogen and oxygen atoms in total. The zero-order valence-corrected chi connectivity index (χ0v) is 10.8. The highest BCUT2D eigenvalue weighted by Crippen LogP contribution is 2.28. The van der Waals surface area contributed by atoms with Crippen LogP contribution in [0.1, 0.15) is 43.2 Å². The second-order valence-electron chi connectivity index (χ2n) is 4.14. The lowest BCUT2D eigenvalue weighted by atomic mass is 10.0. The van der Waals surface area contributed by atoms with Crippen LogP contribution < -0.4 is 5.32 Å². The molecule has 0 aromatic carbocycles. The fourth-order valence-electron chi connectivity index (χ4n) is 1.67. The lowest BCUT2D eigenvalue weighted by Gasteiger charge is -2.18. The zero-order valence-electron chi connectivity index (χ0n) is 9.97. The minimum absolute atomic E-state index is 0.461. The van der Waals surface area contributed by atoms with Crippen LogP contribution in [0, 0.1) is 6.92 Å². The summed E-state index contributed by atoms with van der Waals surface area (Å²) in [6, 6.07) is 2.65. The van der Waals surface area contributed by atoms with Gasteiger partial charge in [-0.2, -0.15) is 0 Å². The van der Waals surface area contributed by atoms with Crippen molar-refractivity contribution >= 4 is 11.3 Å². The van der Waals surface area contributed by atoms with Crippen molar-refractivity contribution in [2.45, 2.75) is 39.7 Å². The normalized spacial score (nSPS) is 12.7. The quantitative estimate of drug-likeness (QED) is 0.717. The maximum absolute atomic E-state index is 4.01. The van der Waals surface area contributed by atoms with Gasteiger partial charge in [-0.25, -0.2) is 0 Å². The molecule has 0 fully saturated rings. The van der Waals surface area contributed by atoms with Crippen LogP contribution in [0.25, 0.3) is 0 Å². The molecule has 0 bridgehead atoms. The summed E-state index contributed by atoms with van der Waals surface area (Å²) in [7, 11) is 0. The SMILES string of the molecule is C=C(C)CC(NCCC)c1sccc1C. The Hall–Kier alpha value is -0.600. The molecule has 15 heavy (non-hydrogen) atoms. The third-order valence-electron chi connectivity index (χ3n) is 2.41. The van der Waals surface area contributed by atoms with Crippen molar-refractivity contribution < 1.29 is 0 Å². The van der Waals surface area contributed by atoms with Crippen molar-refractivity contribution in [3.63, 3.8) is 0 Å². The fraction of sp³-hybridized carbons (Fsp3) is 0.538. The first-order valence-electron chi connectivity index (χ1n) is 5.57. The van der Waals surface area contributed by atoms with E-state index in [4.69, 9.17) is 0 Å². The summed E-state index contributed by atoms with van der Waals surface area (Å²) in [5.41, 5.74) is 2.64. The molecule has 84 valence electrons. The van der Waals surface area contributed by atoms with Gasteiger partial charge in [-0.3, -0.25) is 0 Å². The van der Waals surface area contributed by atoms with Gasteiger partial charge >= 0.3 is 0 Å². The summed E-state index contributed by atoms with van der Waals surface area (Å²) >= 11 is 1.85. The molecule has 1 unspecified atom stereocenters. The van der Waals surface area contributed by atoms with Gasteiger partial charge in [0.2, 0.25) is 0 Å². The molecular formula is C13H21NS.